The zero-order valence-electron chi connectivity index (χ0n) is 10.5. The Bertz CT molecular complexity index is 484. The summed E-state index contributed by atoms with van der Waals surface area (Å²) in [6.07, 6.45) is 3.67. The lowest BCUT2D eigenvalue weighted by molar-refractivity contribution is 0.414. The number of ether oxygens (including phenoxy) is 1. The fourth-order valence-corrected chi connectivity index (χ4v) is 2.52. The van der Waals surface area contributed by atoms with Crippen molar-refractivity contribution >= 4 is 15.9 Å². The first-order valence-corrected chi connectivity index (χ1v) is 6.82. The van der Waals surface area contributed by atoms with Crippen LogP contribution in [0.1, 0.15) is 28.8 Å². The summed E-state index contributed by atoms with van der Waals surface area (Å²) < 4.78 is 5.17. The van der Waals surface area contributed by atoms with Crippen molar-refractivity contribution in [3.05, 3.63) is 59.9 Å². The highest BCUT2D eigenvalue weighted by Gasteiger charge is 2.17. The first-order chi connectivity index (χ1) is 8.72. The van der Waals surface area contributed by atoms with Gasteiger partial charge >= 0.3 is 0 Å². The number of aromatic nitrogens is 1. The molecule has 0 spiro atoms. The molecule has 2 unspecified atom stereocenters. The SMILES string of the molecule is COc1ccc(C(Br)C(C)c2ccncc2)cc1. The van der Waals surface area contributed by atoms with E-state index in [0.29, 0.717) is 5.92 Å². The van der Waals surface area contributed by atoms with Gasteiger partial charge in [-0.2, -0.15) is 0 Å². The van der Waals surface area contributed by atoms with E-state index in [9.17, 15) is 0 Å². The summed E-state index contributed by atoms with van der Waals surface area (Å²) in [6.45, 7) is 2.21. The molecular formula is C15H16BrNO. The molecule has 0 aliphatic rings. The average molecular weight is 306 g/mol. The number of benzene rings is 1. The summed E-state index contributed by atoms with van der Waals surface area (Å²) in [4.78, 5) is 4.33. The molecule has 0 saturated carbocycles. The highest BCUT2D eigenvalue weighted by atomic mass is 79.9. The molecule has 0 radical (unpaired) electrons. The molecule has 2 aromatic rings. The summed E-state index contributed by atoms with van der Waals surface area (Å²) >= 11 is 3.77. The monoisotopic (exact) mass is 305 g/mol. The number of nitrogens with zero attached hydrogens (tertiary/aromatic N) is 1. The zero-order valence-corrected chi connectivity index (χ0v) is 12.1. The first kappa shape index (κ1) is 13.1. The lowest BCUT2D eigenvalue weighted by Crippen LogP contribution is -2.02. The van der Waals surface area contributed by atoms with E-state index >= 15 is 0 Å². The van der Waals surface area contributed by atoms with Crippen LogP contribution < -0.4 is 4.74 Å². The second kappa shape index (κ2) is 6.01. The van der Waals surface area contributed by atoms with Crippen molar-refractivity contribution in [1.29, 1.82) is 0 Å². The van der Waals surface area contributed by atoms with Gasteiger partial charge < -0.3 is 4.74 Å². The third kappa shape index (κ3) is 2.91. The zero-order chi connectivity index (χ0) is 13.0. The average Bonchev–Trinajstić information content (AvgIpc) is 2.47. The van der Waals surface area contributed by atoms with Crippen LogP contribution in [0.4, 0.5) is 0 Å². The topological polar surface area (TPSA) is 22.1 Å². The van der Waals surface area contributed by atoms with Crippen LogP contribution >= 0.6 is 15.9 Å². The Hall–Kier alpha value is -1.35. The van der Waals surface area contributed by atoms with Crippen LogP contribution in [-0.4, -0.2) is 12.1 Å². The van der Waals surface area contributed by atoms with Crippen LogP contribution in [0.2, 0.25) is 0 Å². The first-order valence-electron chi connectivity index (χ1n) is 5.90. The van der Waals surface area contributed by atoms with Crippen LogP contribution in [0.25, 0.3) is 0 Å². The highest BCUT2D eigenvalue weighted by molar-refractivity contribution is 9.09. The standard InChI is InChI=1S/C15H16BrNO/c1-11(12-7-9-17-10-8-12)15(16)13-3-5-14(18-2)6-4-13/h3-11,15H,1-2H3. The van der Waals surface area contributed by atoms with Crippen LogP contribution in [0, 0.1) is 0 Å². The van der Waals surface area contributed by atoms with E-state index in [4.69, 9.17) is 4.74 Å². The van der Waals surface area contributed by atoms with Crippen molar-refractivity contribution < 1.29 is 4.74 Å². The number of methoxy groups -OCH3 is 1. The molecule has 0 saturated heterocycles. The van der Waals surface area contributed by atoms with Crippen molar-refractivity contribution in [2.75, 3.05) is 7.11 Å². The maximum absolute atomic E-state index is 5.17. The molecule has 0 aliphatic carbocycles. The van der Waals surface area contributed by atoms with Gasteiger partial charge in [0.25, 0.3) is 0 Å². The van der Waals surface area contributed by atoms with Crippen LogP contribution in [0.15, 0.2) is 48.8 Å². The van der Waals surface area contributed by atoms with Crippen molar-refractivity contribution in [2.45, 2.75) is 17.7 Å². The molecule has 0 amide bonds. The maximum atomic E-state index is 5.17. The summed E-state index contributed by atoms with van der Waals surface area (Å²) in [5.41, 5.74) is 2.53. The van der Waals surface area contributed by atoms with E-state index in [1.54, 1.807) is 7.11 Å². The molecule has 94 valence electrons. The number of alkyl halides is 1. The fraction of sp³-hybridized carbons (Fsp3) is 0.267. The third-order valence-corrected chi connectivity index (χ3v) is 4.43. The lowest BCUT2D eigenvalue weighted by atomic mass is 9.94. The molecule has 2 atom stereocenters. The molecule has 0 N–H and O–H groups in total. The van der Waals surface area contributed by atoms with Crippen molar-refractivity contribution in [3.63, 3.8) is 0 Å². The Morgan fingerprint density at radius 1 is 1.00 bits per heavy atom. The minimum absolute atomic E-state index is 0.283. The second-order valence-corrected chi connectivity index (χ2v) is 5.23. The predicted octanol–water partition coefficient (Wildman–Crippen LogP) is 4.33. The van der Waals surface area contributed by atoms with E-state index in [1.165, 1.54) is 11.1 Å². The summed E-state index contributed by atoms with van der Waals surface area (Å²) in [6, 6.07) is 12.3. The Kier molecular flexibility index (Phi) is 4.37. The Morgan fingerprint density at radius 2 is 1.61 bits per heavy atom. The van der Waals surface area contributed by atoms with Crippen LogP contribution in [-0.2, 0) is 0 Å². The van der Waals surface area contributed by atoms with Crippen molar-refractivity contribution in [1.82, 2.24) is 4.98 Å². The van der Waals surface area contributed by atoms with Gasteiger partial charge in [-0.05, 0) is 41.3 Å². The minimum Gasteiger partial charge on any atom is -0.497 e. The summed E-state index contributed by atoms with van der Waals surface area (Å²) in [5.74, 6) is 1.27. The number of hydrogen-bond acceptors (Lipinski definition) is 2. The van der Waals surface area contributed by atoms with Crippen LogP contribution in [0.5, 0.6) is 5.75 Å². The van der Waals surface area contributed by atoms with Gasteiger partial charge in [-0.1, -0.05) is 35.0 Å². The summed E-state index contributed by atoms with van der Waals surface area (Å²) in [7, 11) is 1.68. The fourth-order valence-electron chi connectivity index (χ4n) is 1.91. The van der Waals surface area contributed by atoms with Crippen molar-refractivity contribution in [3.8, 4) is 5.75 Å². The normalized spacial score (nSPS) is 13.9. The second-order valence-electron chi connectivity index (χ2n) is 4.24. The van der Waals surface area contributed by atoms with Crippen molar-refractivity contribution in [2.24, 2.45) is 0 Å². The minimum atomic E-state index is 0.283. The smallest absolute Gasteiger partial charge is 0.118 e. The van der Waals surface area contributed by atoms with E-state index in [-0.39, 0.29) is 4.83 Å². The quantitative estimate of drug-likeness (QED) is 0.784. The molecule has 0 aliphatic heterocycles. The largest absolute Gasteiger partial charge is 0.497 e. The van der Waals surface area contributed by atoms with E-state index in [2.05, 4.69) is 52.1 Å². The lowest BCUT2D eigenvalue weighted by Gasteiger charge is -2.19. The Morgan fingerprint density at radius 3 is 2.17 bits per heavy atom. The van der Waals surface area contributed by atoms with Gasteiger partial charge in [0, 0.05) is 17.2 Å². The van der Waals surface area contributed by atoms with Crippen LogP contribution in [0.3, 0.4) is 0 Å². The van der Waals surface area contributed by atoms with Gasteiger partial charge in [0.2, 0.25) is 0 Å². The number of pyridine rings is 1. The number of rotatable bonds is 4. The number of hydrogen-bond donors (Lipinski definition) is 0. The summed E-state index contributed by atoms with van der Waals surface area (Å²) in [5, 5.41) is 0. The molecule has 0 bridgehead atoms. The highest BCUT2D eigenvalue weighted by Crippen LogP contribution is 2.37. The molecule has 0 fully saturated rings. The Labute approximate surface area is 116 Å². The van der Waals surface area contributed by atoms with Gasteiger partial charge in [-0.15, -0.1) is 0 Å². The molecule has 1 heterocycles. The van der Waals surface area contributed by atoms with Gasteiger partial charge in [0.05, 0.1) is 7.11 Å². The van der Waals surface area contributed by atoms with E-state index in [0.717, 1.165) is 5.75 Å². The number of halogens is 1. The Balaban J connectivity index is 2.17. The molecule has 2 rings (SSSR count). The molecule has 2 nitrogen and oxygen atoms in total. The van der Waals surface area contributed by atoms with Gasteiger partial charge in [0.15, 0.2) is 0 Å². The van der Waals surface area contributed by atoms with Gasteiger partial charge in [0.1, 0.15) is 5.75 Å². The molecule has 1 aromatic heterocycles. The molecule has 3 heteroatoms. The third-order valence-electron chi connectivity index (χ3n) is 3.11. The van der Waals surface area contributed by atoms with E-state index < -0.39 is 0 Å². The molecule has 1 aromatic carbocycles. The molecular weight excluding hydrogens is 290 g/mol. The molecule has 18 heavy (non-hydrogen) atoms. The van der Waals surface area contributed by atoms with Gasteiger partial charge in [-0.3, -0.25) is 4.98 Å². The van der Waals surface area contributed by atoms with E-state index in [1.807, 2.05) is 24.5 Å². The maximum Gasteiger partial charge on any atom is 0.118 e. The van der Waals surface area contributed by atoms with Gasteiger partial charge in [-0.25, -0.2) is 0 Å². The predicted molar refractivity (Wildman–Crippen MR) is 77.3 cm³/mol.